The highest BCUT2D eigenvalue weighted by molar-refractivity contribution is 7.92. The van der Waals surface area contributed by atoms with Crippen LogP contribution in [0, 0.1) is 20.8 Å². The first-order chi connectivity index (χ1) is 16.3. The molecule has 0 radical (unpaired) electrons. The molecule has 5 aromatic rings. The van der Waals surface area contributed by atoms with Crippen LogP contribution in [0.4, 0.5) is 5.82 Å². The molecule has 3 aromatic carbocycles. The predicted molar refractivity (Wildman–Crippen MR) is 135 cm³/mol. The number of hydrogen-bond donors (Lipinski definition) is 1. The Hall–Kier alpha value is -4.04. The van der Waals surface area contributed by atoms with Crippen LogP contribution in [0.25, 0.3) is 22.2 Å². The lowest BCUT2D eigenvalue weighted by molar-refractivity contribution is 0.597. The molecule has 0 saturated heterocycles. The number of hydrogen-bond acceptors (Lipinski definition) is 6. The minimum absolute atomic E-state index is 0.0339. The molecule has 0 atom stereocenters. The minimum Gasteiger partial charge on any atom is -0.382 e. The molecule has 0 amide bonds. The van der Waals surface area contributed by atoms with Crippen molar-refractivity contribution in [1.82, 2.24) is 14.6 Å². The largest absolute Gasteiger partial charge is 0.382 e. The Morgan fingerprint density at radius 1 is 0.853 bits per heavy atom. The lowest BCUT2D eigenvalue weighted by Gasteiger charge is -2.07. The zero-order valence-electron chi connectivity index (χ0n) is 19.0. The first kappa shape index (κ1) is 21.8. The van der Waals surface area contributed by atoms with Gasteiger partial charge in [-0.25, -0.2) is 18.4 Å². The van der Waals surface area contributed by atoms with Crippen molar-refractivity contribution in [2.75, 3.05) is 5.73 Å². The van der Waals surface area contributed by atoms with Crippen LogP contribution in [-0.4, -0.2) is 29.3 Å². The van der Waals surface area contributed by atoms with E-state index in [-0.39, 0.29) is 26.8 Å². The summed E-state index contributed by atoms with van der Waals surface area (Å²) in [6, 6.07) is 20.1. The molecule has 8 heteroatoms. The van der Waals surface area contributed by atoms with Gasteiger partial charge in [0.05, 0.1) is 22.1 Å². The van der Waals surface area contributed by atoms with Crippen molar-refractivity contribution in [3.05, 3.63) is 89.0 Å². The number of aromatic nitrogens is 3. The molecule has 0 aliphatic rings. The van der Waals surface area contributed by atoms with Gasteiger partial charge in [-0.2, -0.15) is 9.78 Å². The lowest BCUT2D eigenvalue weighted by Crippen LogP contribution is -2.07. The Morgan fingerprint density at radius 3 is 2.24 bits per heavy atom. The summed E-state index contributed by atoms with van der Waals surface area (Å²) < 4.78 is 29.0. The quantitative estimate of drug-likeness (QED) is 0.381. The Bertz CT molecular complexity index is 1720. The fourth-order valence-electron chi connectivity index (χ4n) is 3.85. The topological polar surface area (TPSA) is 103 Å². The molecule has 170 valence electrons. The van der Waals surface area contributed by atoms with Gasteiger partial charge in [0.1, 0.15) is 16.2 Å². The summed E-state index contributed by atoms with van der Waals surface area (Å²) in [4.78, 5) is 9.38. The van der Waals surface area contributed by atoms with Crippen molar-refractivity contribution >= 4 is 44.1 Å². The first-order valence-electron chi connectivity index (χ1n) is 10.8. The lowest BCUT2D eigenvalue weighted by atomic mass is 10.1. The fourth-order valence-corrected chi connectivity index (χ4v) is 5.42. The highest BCUT2D eigenvalue weighted by atomic mass is 32.2. The normalized spacial score (nSPS) is 12.2. The third-order valence-corrected chi connectivity index (χ3v) is 7.80. The van der Waals surface area contributed by atoms with Gasteiger partial charge in [0.2, 0.25) is 9.84 Å². The van der Waals surface area contributed by atoms with Gasteiger partial charge in [0.25, 0.3) is 0 Å². The molecule has 2 heterocycles. The summed E-state index contributed by atoms with van der Waals surface area (Å²) >= 11 is 0. The third kappa shape index (κ3) is 3.52. The van der Waals surface area contributed by atoms with E-state index in [0.717, 1.165) is 22.3 Å². The smallest absolute Gasteiger partial charge is 0.212 e. The predicted octanol–water partition coefficient (Wildman–Crippen LogP) is 4.81. The van der Waals surface area contributed by atoms with E-state index in [1.165, 1.54) is 4.68 Å². The van der Waals surface area contributed by atoms with Gasteiger partial charge in [-0.3, -0.25) is 0 Å². The Kier molecular flexibility index (Phi) is 5.17. The number of aryl methyl sites for hydroxylation is 3. The van der Waals surface area contributed by atoms with Crippen LogP contribution in [0.2, 0.25) is 0 Å². The number of anilines is 1. The number of nitrogen functional groups attached to an aromatic ring is 1. The van der Waals surface area contributed by atoms with Crippen LogP contribution >= 0.6 is 0 Å². The summed E-state index contributed by atoms with van der Waals surface area (Å²) in [6.45, 7) is 5.78. The van der Waals surface area contributed by atoms with Crippen LogP contribution in [0.3, 0.4) is 0 Å². The van der Waals surface area contributed by atoms with Gasteiger partial charge in [-0.15, -0.1) is 0 Å². The number of para-hydroxylation sites is 2. The molecule has 0 bridgehead atoms. The van der Waals surface area contributed by atoms with Crippen molar-refractivity contribution in [2.45, 2.75) is 30.6 Å². The summed E-state index contributed by atoms with van der Waals surface area (Å²) in [7, 11) is -4.00. The zero-order valence-corrected chi connectivity index (χ0v) is 19.8. The van der Waals surface area contributed by atoms with Gasteiger partial charge in [0.15, 0.2) is 5.65 Å². The minimum atomic E-state index is -4.00. The van der Waals surface area contributed by atoms with Crippen molar-refractivity contribution in [3.63, 3.8) is 0 Å². The highest BCUT2D eigenvalue weighted by Gasteiger charge is 2.30. The molecule has 34 heavy (non-hydrogen) atoms. The van der Waals surface area contributed by atoms with Crippen molar-refractivity contribution in [3.8, 4) is 0 Å². The van der Waals surface area contributed by atoms with E-state index < -0.39 is 9.84 Å². The van der Waals surface area contributed by atoms with E-state index in [9.17, 15) is 8.42 Å². The fraction of sp³-hybridized carbons (Fsp3) is 0.115. The molecular formula is C26H23N5O2S. The third-order valence-electron chi connectivity index (χ3n) is 5.99. The number of nitrogens with zero attached hydrogens (tertiary/aromatic N) is 4. The number of nitrogens with two attached hydrogens (primary N) is 1. The van der Waals surface area contributed by atoms with Crippen LogP contribution in [0.5, 0.6) is 0 Å². The molecule has 0 spiro atoms. The SMILES string of the molecule is Cc1ccc(S(=O)(=O)c2c(N)n(/N=C\c3ccccc3C)c3nc4ccccc4nc23)cc1C. The summed E-state index contributed by atoms with van der Waals surface area (Å²) in [5.41, 5.74) is 11.9. The van der Waals surface area contributed by atoms with Gasteiger partial charge in [-0.1, -0.05) is 42.5 Å². The maximum absolute atomic E-state index is 13.8. The molecule has 0 fully saturated rings. The standard InChI is InChI=1S/C26H23N5O2S/c1-16-12-13-20(14-18(16)3)34(32,33)24-23-26(30-22-11-7-6-10-21(22)29-23)31(25(24)27)28-15-19-9-5-4-8-17(19)2/h4-15H,27H2,1-3H3/b28-15-. The first-order valence-corrected chi connectivity index (χ1v) is 12.2. The maximum atomic E-state index is 13.8. The van der Waals surface area contributed by atoms with Crippen molar-refractivity contribution < 1.29 is 8.42 Å². The summed E-state index contributed by atoms with van der Waals surface area (Å²) in [5.74, 6) is -0.0339. The van der Waals surface area contributed by atoms with Crippen LogP contribution in [-0.2, 0) is 9.84 Å². The molecule has 0 saturated carbocycles. The average Bonchev–Trinajstić information content (AvgIpc) is 3.09. The second-order valence-electron chi connectivity index (χ2n) is 8.26. The maximum Gasteiger partial charge on any atom is 0.212 e. The van der Waals surface area contributed by atoms with Crippen molar-refractivity contribution in [2.24, 2.45) is 5.10 Å². The van der Waals surface area contributed by atoms with Gasteiger partial charge in [-0.05, 0) is 67.3 Å². The second kappa shape index (κ2) is 8.07. The molecular weight excluding hydrogens is 446 g/mol. The van der Waals surface area contributed by atoms with E-state index in [2.05, 4.69) is 15.1 Å². The molecule has 2 N–H and O–H groups in total. The summed E-state index contributed by atoms with van der Waals surface area (Å²) in [6.07, 6.45) is 1.65. The van der Waals surface area contributed by atoms with Crippen molar-refractivity contribution in [1.29, 1.82) is 0 Å². The highest BCUT2D eigenvalue weighted by Crippen LogP contribution is 2.35. The zero-order chi connectivity index (χ0) is 24.0. The molecule has 2 aromatic heterocycles. The Morgan fingerprint density at radius 2 is 1.53 bits per heavy atom. The second-order valence-corrected chi connectivity index (χ2v) is 10.1. The van der Waals surface area contributed by atoms with Crippen LogP contribution < -0.4 is 5.73 Å². The van der Waals surface area contributed by atoms with E-state index in [4.69, 9.17) is 5.73 Å². The van der Waals surface area contributed by atoms with E-state index in [0.29, 0.717) is 11.0 Å². The molecule has 0 aliphatic carbocycles. The van der Waals surface area contributed by atoms with Crippen LogP contribution in [0.15, 0.2) is 81.6 Å². The van der Waals surface area contributed by atoms with E-state index in [1.54, 1.807) is 30.5 Å². The Labute approximate surface area is 197 Å². The molecule has 0 unspecified atom stereocenters. The number of sulfone groups is 1. The van der Waals surface area contributed by atoms with Gasteiger partial charge >= 0.3 is 0 Å². The van der Waals surface area contributed by atoms with E-state index >= 15 is 0 Å². The average molecular weight is 470 g/mol. The van der Waals surface area contributed by atoms with Gasteiger partial charge in [0, 0.05) is 0 Å². The van der Waals surface area contributed by atoms with E-state index in [1.807, 2.05) is 63.2 Å². The van der Waals surface area contributed by atoms with Crippen LogP contribution in [0.1, 0.15) is 22.3 Å². The molecule has 7 nitrogen and oxygen atoms in total. The number of rotatable bonds is 4. The summed E-state index contributed by atoms with van der Waals surface area (Å²) in [5, 5.41) is 4.53. The molecule has 0 aliphatic heterocycles. The number of benzene rings is 3. The Balaban J connectivity index is 1.81. The molecule has 5 rings (SSSR count). The van der Waals surface area contributed by atoms with Gasteiger partial charge < -0.3 is 5.73 Å². The monoisotopic (exact) mass is 469 g/mol. The number of fused-ring (bicyclic) bond motifs is 2.